The Labute approximate surface area is 179 Å². The molecule has 2 amide bonds. The number of nitrogens with zero attached hydrogens (tertiary/aromatic N) is 2. The number of rotatable bonds is 4. The molecule has 5 nitrogen and oxygen atoms in total. The van der Waals surface area contributed by atoms with Crippen LogP contribution in [0.5, 0.6) is 5.75 Å². The van der Waals surface area contributed by atoms with Crippen LogP contribution in [0.25, 0.3) is 5.57 Å². The normalized spacial score (nSPS) is 15.7. The summed E-state index contributed by atoms with van der Waals surface area (Å²) in [6, 6.07) is 20.4. The van der Waals surface area contributed by atoms with Gasteiger partial charge in [0.05, 0.1) is 18.4 Å². The number of carbonyl (C=O) groups is 2. The fourth-order valence-corrected chi connectivity index (χ4v) is 4.28. The second-order valence-electron chi connectivity index (χ2n) is 7.38. The van der Waals surface area contributed by atoms with E-state index in [1.165, 1.54) is 25.3 Å². The van der Waals surface area contributed by atoms with Crippen molar-refractivity contribution in [2.24, 2.45) is 0 Å². The van der Waals surface area contributed by atoms with Gasteiger partial charge >= 0.3 is 0 Å². The highest BCUT2D eigenvalue weighted by Crippen LogP contribution is 2.42. The van der Waals surface area contributed by atoms with E-state index in [-0.39, 0.29) is 17.0 Å². The summed E-state index contributed by atoms with van der Waals surface area (Å²) in [7, 11) is 1.52. The van der Waals surface area contributed by atoms with Crippen molar-refractivity contribution in [2.45, 2.75) is 6.42 Å². The molecular weight excluding hydrogens is 395 g/mol. The molecule has 0 bridgehead atoms. The van der Waals surface area contributed by atoms with E-state index in [0.29, 0.717) is 17.9 Å². The first-order valence-corrected chi connectivity index (χ1v) is 9.97. The van der Waals surface area contributed by atoms with Crippen molar-refractivity contribution >= 4 is 28.8 Å². The summed E-state index contributed by atoms with van der Waals surface area (Å²) in [6.07, 6.45) is 0.764. The maximum atomic E-state index is 13.9. The minimum Gasteiger partial charge on any atom is -0.496 e. The summed E-state index contributed by atoms with van der Waals surface area (Å²) in [4.78, 5) is 30.2. The Morgan fingerprint density at radius 3 is 2.48 bits per heavy atom. The van der Waals surface area contributed by atoms with Gasteiger partial charge in [-0.15, -0.1) is 0 Å². The van der Waals surface area contributed by atoms with Crippen LogP contribution in [0.15, 0.2) is 78.5 Å². The van der Waals surface area contributed by atoms with E-state index in [1.54, 1.807) is 30.3 Å². The van der Waals surface area contributed by atoms with E-state index in [1.807, 2.05) is 29.2 Å². The van der Waals surface area contributed by atoms with Gasteiger partial charge in [0, 0.05) is 17.8 Å². The molecule has 0 N–H and O–H groups in total. The van der Waals surface area contributed by atoms with E-state index in [4.69, 9.17) is 4.74 Å². The standard InChI is InChI=1S/C25H19FN2O3/c1-31-21-12-5-3-10-19(21)22-23(27-14-13-16-7-2-4-11-20(16)27)25(30)28(24(22)29)18-9-6-8-17(26)15-18/h2-12,15H,13-14H2,1H3. The van der Waals surface area contributed by atoms with Gasteiger partial charge in [-0.3, -0.25) is 9.59 Å². The highest BCUT2D eigenvalue weighted by atomic mass is 19.1. The van der Waals surface area contributed by atoms with E-state index < -0.39 is 17.6 Å². The number of hydrogen-bond acceptors (Lipinski definition) is 4. The summed E-state index contributed by atoms with van der Waals surface area (Å²) in [6.45, 7) is 0.573. The van der Waals surface area contributed by atoms with Crippen molar-refractivity contribution in [2.75, 3.05) is 23.5 Å². The van der Waals surface area contributed by atoms with Gasteiger partial charge in [-0.2, -0.15) is 0 Å². The lowest BCUT2D eigenvalue weighted by Gasteiger charge is -2.22. The van der Waals surface area contributed by atoms with Crippen LogP contribution in [0.3, 0.4) is 0 Å². The average molecular weight is 414 g/mol. The minimum absolute atomic E-state index is 0.199. The molecular formula is C25H19FN2O3. The van der Waals surface area contributed by atoms with Crippen LogP contribution in [0.4, 0.5) is 15.8 Å². The molecule has 3 aromatic carbocycles. The molecule has 2 aliphatic heterocycles. The summed E-state index contributed by atoms with van der Waals surface area (Å²) in [5.74, 6) is -1.01. The van der Waals surface area contributed by atoms with E-state index in [9.17, 15) is 14.0 Å². The van der Waals surface area contributed by atoms with Crippen molar-refractivity contribution in [3.8, 4) is 5.75 Å². The van der Waals surface area contributed by atoms with Gasteiger partial charge in [0.2, 0.25) is 0 Å². The topological polar surface area (TPSA) is 49.9 Å². The molecule has 0 aliphatic carbocycles. The summed E-state index contributed by atoms with van der Waals surface area (Å²) in [5.41, 5.74) is 3.27. The first-order valence-electron chi connectivity index (χ1n) is 9.97. The molecule has 0 aromatic heterocycles. The zero-order valence-electron chi connectivity index (χ0n) is 16.8. The molecule has 0 fully saturated rings. The van der Waals surface area contributed by atoms with Gasteiger partial charge in [-0.05, 0) is 42.3 Å². The van der Waals surface area contributed by atoms with Crippen LogP contribution in [0.1, 0.15) is 11.1 Å². The molecule has 31 heavy (non-hydrogen) atoms. The van der Waals surface area contributed by atoms with Crippen molar-refractivity contribution < 1.29 is 18.7 Å². The smallest absolute Gasteiger partial charge is 0.282 e. The predicted octanol–water partition coefficient (Wildman–Crippen LogP) is 4.18. The number of fused-ring (bicyclic) bond motifs is 1. The number of ether oxygens (including phenoxy) is 1. The van der Waals surface area contributed by atoms with E-state index in [0.717, 1.165) is 22.6 Å². The van der Waals surface area contributed by atoms with Crippen LogP contribution >= 0.6 is 0 Å². The second-order valence-corrected chi connectivity index (χ2v) is 7.38. The summed E-state index contributed by atoms with van der Waals surface area (Å²) in [5, 5.41) is 0. The molecule has 2 aliphatic rings. The van der Waals surface area contributed by atoms with Gasteiger partial charge < -0.3 is 9.64 Å². The lowest BCUT2D eigenvalue weighted by atomic mass is 10.0. The first kappa shape index (κ1) is 19.1. The first-order chi connectivity index (χ1) is 15.1. The quantitative estimate of drug-likeness (QED) is 0.601. The van der Waals surface area contributed by atoms with Crippen LogP contribution in [0, 0.1) is 5.82 Å². The third kappa shape index (κ3) is 2.99. The predicted molar refractivity (Wildman–Crippen MR) is 116 cm³/mol. The Morgan fingerprint density at radius 1 is 0.903 bits per heavy atom. The Kier molecular flexibility index (Phi) is 4.55. The van der Waals surface area contributed by atoms with Gasteiger partial charge in [-0.25, -0.2) is 9.29 Å². The lowest BCUT2D eigenvalue weighted by molar-refractivity contribution is -0.120. The molecule has 0 spiro atoms. The minimum atomic E-state index is -0.517. The van der Waals surface area contributed by atoms with Gasteiger partial charge in [0.15, 0.2) is 0 Å². The van der Waals surface area contributed by atoms with Crippen molar-refractivity contribution in [3.05, 3.63) is 95.4 Å². The van der Waals surface area contributed by atoms with Crippen molar-refractivity contribution in [1.29, 1.82) is 0 Å². The van der Waals surface area contributed by atoms with E-state index in [2.05, 4.69) is 0 Å². The number of imide groups is 1. The number of carbonyl (C=O) groups excluding carboxylic acids is 2. The number of para-hydroxylation sites is 2. The third-order valence-electron chi connectivity index (χ3n) is 5.66. The highest BCUT2D eigenvalue weighted by molar-refractivity contribution is 6.46. The number of halogens is 1. The molecule has 0 unspecified atom stereocenters. The number of amides is 2. The van der Waals surface area contributed by atoms with Crippen LogP contribution in [-0.2, 0) is 16.0 Å². The van der Waals surface area contributed by atoms with Crippen LogP contribution in [0.2, 0.25) is 0 Å². The maximum absolute atomic E-state index is 13.9. The van der Waals surface area contributed by atoms with Crippen molar-refractivity contribution in [1.82, 2.24) is 0 Å². The fraction of sp³-hybridized carbons (Fsp3) is 0.120. The Bertz CT molecular complexity index is 1250. The molecule has 0 saturated heterocycles. The number of anilines is 2. The Morgan fingerprint density at radius 2 is 1.68 bits per heavy atom. The van der Waals surface area contributed by atoms with Gasteiger partial charge in [0.1, 0.15) is 17.3 Å². The number of methoxy groups -OCH3 is 1. The Hall–Kier alpha value is -3.93. The molecule has 0 radical (unpaired) electrons. The molecule has 0 atom stereocenters. The van der Waals surface area contributed by atoms with E-state index >= 15 is 0 Å². The second kappa shape index (κ2) is 7.40. The zero-order valence-corrected chi connectivity index (χ0v) is 16.8. The third-order valence-corrected chi connectivity index (χ3v) is 5.66. The fourth-order valence-electron chi connectivity index (χ4n) is 4.28. The summed E-state index contributed by atoms with van der Waals surface area (Å²) >= 11 is 0. The van der Waals surface area contributed by atoms with Crippen LogP contribution < -0.4 is 14.5 Å². The monoisotopic (exact) mass is 414 g/mol. The molecule has 2 heterocycles. The van der Waals surface area contributed by atoms with Gasteiger partial charge in [0.25, 0.3) is 11.8 Å². The van der Waals surface area contributed by atoms with Gasteiger partial charge in [-0.1, -0.05) is 42.5 Å². The molecule has 5 rings (SSSR count). The number of benzene rings is 3. The molecule has 154 valence electrons. The zero-order chi connectivity index (χ0) is 21.5. The maximum Gasteiger partial charge on any atom is 0.282 e. The summed E-state index contributed by atoms with van der Waals surface area (Å²) < 4.78 is 19.4. The Balaban J connectivity index is 1.72. The van der Waals surface area contributed by atoms with Crippen molar-refractivity contribution in [3.63, 3.8) is 0 Å². The van der Waals surface area contributed by atoms with Crippen LogP contribution in [-0.4, -0.2) is 25.5 Å². The average Bonchev–Trinajstić information content (AvgIpc) is 3.31. The largest absolute Gasteiger partial charge is 0.496 e. The lowest BCUT2D eigenvalue weighted by Crippen LogP contribution is -2.34. The molecule has 6 heteroatoms. The highest BCUT2D eigenvalue weighted by Gasteiger charge is 2.44. The molecule has 3 aromatic rings. The molecule has 0 saturated carbocycles. The SMILES string of the molecule is COc1ccccc1C1=C(N2CCc3ccccc32)C(=O)N(c2cccc(F)c2)C1=O. The number of hydrogen-bond donors (Lipinski definition) is 0.